The maximum atomic E-state index is 9.97. The Bertz CT molecular complexity index is 1360. The van der Waals surface area contributed by atoms with E-state index in [1.807, 2.05) is 44.2 Å². The molecule has 35 heavy (non-hydrogen) atoms. The summed E-state index contributed by atoms with van der Waals surface area (Å²) in [5, 5.41) is 9.97. The van der Waals surface area contributed by atoms with Gasteiger partial charge in [0.05, 0.1) is 12.5 Å². The van der Waals surface area contributed by atoms with Crippen LogP contribution in [0.15, 0.2) is 64.5 Å². The second kappa shape index (κ2) is 9.43. The number of ether oxygens (including phenoxy) is 5. The molecule has 0 saturated heterocycles. The molecule has 0 amide bonds. The average Bonchev–Trinajstić information content (AvgIpc) is 3.30. The van der Waals surface area contributed by atoms with Crippen LogP contribution in [-0.4, -0.2) is 13.4 Å². The molecule has 3 aromatic carbocycles. The van der Waals surface area contributed by atoms with Crippen molar-refractivity contribution in [3.05, 3.63) is 86.7 Å². The summed E-state index contributed by atoms with van der Waals surface area (Å²) in [6, 6.07) is 17.7. The minimum atomic E-state index is -0.502. The van der Waals surface area contributed by atoms with E-state index in [0.717, 1.165) is 21.2 Å². The normalized spacial score (nSPS) is 15.8. The van der Waals surface area contributed by atoms with Crippen LogP contribution >= 0.6 is 15.9 Å². The highest BCUT2D eigenvalue weighted by Crippen LogP contribution is 2.50. The van der Waals surface area contributed by atoms with Gasteiger partial charge in [0.15, 0.2) is 23.0 Å². The smallest absolute Gasteiger partial charge is 0.231 e. The monoisotopic (exact) mass is 534 g/mol. The van der Waals surface area contributed by atoms with Gasteiger partial charge in [-0.3, -0.25) is 0 Å². The van der Waals surface area contributed by atoms with Crippen LogP contribution < -0.4 is 29.4 Å². The summed E-state index contributed by atoms with van der Waals surface area (Å²) in [6.07, 6.45) is 0. The molecule has 0 spiro atoms. The van der Waals surface area contributed by atoms with Crippen LogP contribution in [0.3, 0.4) is 0 Å². The van der Waals surface area contributed by atoms with Crippen molar-refractivity contribution in [3.8, 4) is 34.8 Å². The van der Waals surface area contributed by atoms with Crippen molar-refractivity contribution in [2.45, 2.75) is 26.4 Å². The highest BCUT2D eigenvalue weighted by Gasteiger charge is 2.35. The fourth-order valence-corrected chi connectivity index (χ4v) is 4.72. The molecule has 0 aliphatic carbocycles. The van der Waals surface area contributed by atoms with Gasteiger partial charge >= 0.3 is 0 Å². The van der Waals surface area contributed by atoms with Gasteiger partial charge in [-0.25, -0.2) is 0 Å². The zero-order valence-electron chi connectivity index (χ0n) is 19.3. The Morgan fingerprint density at radius 1 is 1.00 bits per heavy atom. The molecule has 7 nitrogen and oxygen atoms in total. The zero-order chi connectivity index (χ0) is 24.5. The van der Waals surface area contributed by atoms with Crippen LogP contribution in [0.5, 0.6) is 28.7 Å². The largest absolute Gasteiger partial charge is 0.490 e. The Morgan fingerprint density at radius 3 is 2.43 bits per heavy atom. The third-order valence-corrected chi connectivity index (χ3v) is 6.59. The van der Waals surface area contributed by atoms with E-state index in [4.69, 9.17) is 29.4 Å². The molecular weight excluding hydrogens is 512 g/mol. The van der Waals surface area contributed by atoms with Crippen molar-refractivity contribution < 1.29 is 23.7 Å². The highest BCUT2D eigenvalue weighted by molar-refractivity contribution is 9.10. The maximum absolute atomic E-state index is 9.97. The molecule has 1 atom stereocenters. The van der Waals surface area contributed by atoms with Crippen LogP contribution in [0.25, 0.3) is 0 Å². The molecule has 5 rings (SSSR count). The summed E-state index contributed by atoms with van der Waals surface area (Å²) in [5.74, 6) is 2.39. The Morgan fingerprint density at radius 2 is 1.71 bits per heavy atom. The van der Waals surface area contributed by atoms with Crippen LogP contribution in [0.2, 0.25) is 0 Å². The number of halogens is 1. The Kier molecular flexibility index (Phi) is 6.18. The lowest BCUT2D eigenvalue weighted by Crippen LogP contribution is -2.21. The van der Waals surface area contributed by atoms with Gasteiger partial charge in [-0.15, -0.1) is 0 Å². The number of hydrogen-bond donors (Lipinski definition) is 1. The fourth-order valence-electron chi connectivity index (χ4n) is 4.17. The lowest BCUT2D eigenvalue weighted by Gasteiger charge is -2.28. The van der Waals surface area contributed by atoms with Crippen LogP contribution in [0.1, 0.15) is 35.1 Å². The Hall–Kier alpha value is -3.83. The van der Waals surface area contributed by atoms with Gasteiger partial charge in [-0.2, -0.15) is 5.26 Å². The fraction of sp³-hybridized carbons (Fsp3) is 0.222. The van der Waals surface area contributed by atoms with Crippen molar-refractivity contribution in [1.82, 2.24) is 0 Å². The predicted octanol–water partition coefficient (Wildman–Crippen LogP) is 5.68. The molecule has 0 aromatic heterocycles. The molecular formula is C27H23BrN2O5. The lowest BCUT2D eigenvalue weighted by atomic mass is 9.83. The number of benzene rings is 3. The first-order chi connectivity index (χ1) is 17.0. The molecule has 0 saturated carbocycles. The number of fused-ring (bicyclic) bond motifs is 2. The van der Waals surface area contributed by atoms with Crippen molar-refractivity contribution in [3.63, 3.8) is 0 Å². The SMILES string of the molecule is CCOc1cc([C@@H]2C(C#N)=C(N)Oc3cc4c(cc32)OCO4)c(Br)cc1OCc1ccc(C)cc1. The number of allylic oxidation sites excluding steroid dienone is 1. The van der Waals surface area contributed by atoms with Gasteiger partial charge in [-0.1, -0.05) is 45.8 Å². The van der Waals surface area contributed by atoms with Crippen LogP contribution in [-0.2, 0) is 6.61 Å². The molecule has 0 unspecified atom stereocenters. The predicted molar refractivity (Wildman–Crippen MR) is 133 cm³/mol. The van der Waals surface area contributed by atoms with Crippen molar-refractivity contribution in [2.24, 2.45) is 5.73 Å². The van der Waals surface area contributed by atoms with Gasteiger partial charge in [0.25, 0.3) is 0 Å². The zero-order valence-corrected chi connectivity index (χ0v) is 20.8. The Balaban J connectivity index is 1.56. The lowest BCUT2D eigenvalue weighted by molar-refractivity contribution is 0.174. The first-order valence-corrected chi connectivity index (χ1v) is 11.9. The summed E-state index contributed by atoms with van der Waals surface area (Å²) < 4.78 is 29.6. The maximum Gasteiger partial charge on any atom is 0.231 e. The molecule has 8 heteroatoms. The van der Waals surface area contributed by atoms with Gasteiger partial charge in [0.1, 0.15) is 24.0 Å². The third kappa shape index (κ3) is 4.35. The molecule has 178 valence electrons. The molecule has 3 aromatic rings. The summed E-state index contributed by atoms with van der Waals surface area (Å²) in [7, 11) is 0. The van der Waals surface area contributed by atoms with E-state index in [0.29, 0.717) is 47.5 Å². The molecule has 2 heterocycles. The number of nitrogens with two attached hydrogens (primary N) is 1. The molecule has 2 N–H and O–H groups in total. The number of rotatable bonds is 6. The quantitative estimate of drug-likeness (QED) is 0.434. The second-order valence-corrected chi connectivity index (χ2v) is 9.05. The van der Waals surface area contributed by atoms with Crippen molar-refractivity contribution >= 4 is 15.9 Å². The summed E-state index contributed by atoms with van der Waals surface area (Å²) in [6.45, 7) is 4.93. The molecule has 0 radical (unpaired) electrons. The van der Waals surface area contributed by atoms with Gasteiger partial charge in [0.2, 0.25) is 12.7 Å². The summed E-state index contributed by atoms with van der Waals surface area (Å²) >= 11 is 3.69. The van der Waals surface area contributed by atoms with E-state index in [1.165, 1.54) is 5.56 Å². The van der Waals surface area contributed by atoms with Crippen molar-refractivity contribution in [1.29, 1.82) is 5.26 Å². The summed E-state index contributed by atoms with van der Waals surface area (Å²) in [5.41, 5.74) is 10.2. The third-order valence-electron chi connectivity index (χ3n) is 5.90. The molecule has 0 fully saturated rings. The average molecular weight is 535 g/mol. The van der Waals surface area contributed by atoms with E-state index in [2.05, 4.69) is 34.1 Å². The number of aryl methyl sites for hydroxylation is 1. The number of hydrogen-bond acceptors (Lipinski definition) is 7. The minimum absolute atomic E-state index is 0.0495. The molecule has 2 aliphatic rings. The number of nitriles is 1. The van der Waals surface area contributed by atoms with Gasteiger partial charge in [-0.05, 0) is 43.2 Å². The van der Waals surface area contributed by atoms with E-state index < -0.39 is 5.92 Å². The van der Waals surface area contributed by atoms with Gasteiger partial charge < -0.3 is 29.4 Å². The highest BCUT2D eigenvalue weighted by atomic mass is 79.9. The van der Waals surface area contributed by atoms with Gasteiger partial charge in [0, 0.05) is 16.1 Å². The first-order valence-electron chi connectivity index (χ1n) is 11.1. The van der Waals surface area contributed by atoms with Crippen LogP contribution in [0.4, 0.5) is 0 Å². The van der Waals surface area contributed by atoms with Crippen molar-refractivity contribution in [2.75, 3.05) is 13.4 Å². The summed E-state index contributed by atoms with van der Waals surface area (Å²) in [4.78, 5) is 0. The number of nitrogens with zero attached hydrogens (tertiary/aromatic N) is 1. The molecule has 0 bridgehead atoms. The second-order valence-electron chi connectivity index (χ2n) is 8.20. The topological polar surface area (TPSA) is 96.0 Å². The standard InChI is InChI=1S/C27H23BrN2O5/c1-3-31-22-8-17(20(28)10-24(22)32-13-16-6-4-15(2)5-7-16)26-18-9-23-25(34-14-33-23)11-21(18)35-27(30)19(26)12-29/h4-11,26H,3,13-14,30H2,1-2H3/t26-/m0/s1. The van der Waals surface area contributed by atoms with Crippen LogP contribution in [0, 0.1) is 18.3 Å². The van der Waals surface area contributed by atoms with E-state index in [1.54, 1.807) is 6.07 Å². The van der Waals surface area contributed by atoms with E-state index in [-0.39, 0.29) is 12.7 Å². The first kappa shape index (κ1) is 22.9. The van der Waals surface area contributed by atoms with E-state index >= 15 is 0 Å². The molecule has 2 aliphatic heterocycles. The Labute approximate surface area is 211 Å². The van der Waals surface area contributed by atoms with E-state index in [9.17, 15) is 5.26 Å². The minimum Gasteiger partial charge on any atom is -0.490 e.